The van der Waals surface area contributed by atoms with E-state index in [1.165, 1.54) is 162 Å². The van der Waals surface area contributed by atoms with E-state index < -0.39 is 0 Å². The molecule has 46 heavy (non-hydrogen) atoms. The second-order valence-electron chi connectivity index (χ2n) is 16.9. The molecule has 3 rings (SSSR count). The fraction of sp³-hybridized carbons (Fsp3) is 0.727. The van der Waals surface area contributed by atoms with Crippen LogP contribution in [0.3, 0.4) is 0 Å². The molecular formula is C44H72O2. The van der Waals surface area contributed by atoms with Gasteiger partial charge in [-0.05, 0) is 95.6 Å². The van der Waals surface area contributed by atoms with E-state index in [0.29, 0.717) is 11.5 Å². The van der Waals surface area contributed by atoms with Crippen molar-refractivity contribution in [1.29, 1.82) is 0 Å². The van der Waals surface area contributed by atoms with E-state index >= 15 is 0 Å². The largest absolute Gasteiger partial charge is 0.507 e. The topological polar surface area (TPSA) is 40.5 Å². The Morgan fingerprint density at radius 3 is 0.674 bits per heavy atom. The average Bonchev–Trinajstić information content (AvgIpc) is 2.99. The van der Waals surface area contributed by atoms with Gasteiger partial charge >= 0.3 is 0 Å². The van der Waals surface area contributed by atoms with Crippen molar-refractivity contribution in [3.8, 4) is 11.5 Å². The van der Waals surface area contributed by atoms with Crippen molar-refractivity contribution in [2.45, 2.75) is 206 Å². The summed E-state index contributed by atoms with van der Waals surface area (Å²) in [6.07, 6.45) is 29.6. The van der Waals surface area contributed by atoms with E-state index in [-0.39, 0.29) is 10.8 Å². The molecule has 260 valence electrons. The minimum absolute atomic E-state index is 0.107. The first kappa shape index (κ1) is 38.5. The lowest BCUT2D eigenvalue weighted by molar-refractivity contribution is 0.453. The van der Waals surface area contributed by atoms with Gasteiger partial charge in [0.15, 0.2) is 0 Å². The summed E-state index contributed by atoms with van der Waals surface area (Å²) in [5.41, 5.74) is 7.68. The lowest BCUT2D eigenvalue weighted by Gasteiger charge is -2.23. The zero-order valence-corrected chi connectivity index (χ0v) is 31.2. The van der Waals surface area contributed by atoms with E-state index in [1.807, 2.05) is 0 Å². The Morgan fingerprint density at radius 1 is 0.326 bits per heavy atom. The average molecular weight is 633 g/mol. The molecule has 0 saturated heterocycles. The Bertz CT molecular complexity index is 984. The highest BCUT2D eigenvalue weighted by Gasteiger charge is 2.20. The van der Waals surface area contributed by atoms with Crippen LogP contribution in [0, 0.1) is 0 Å². The summed E-state index contributed by atoms with van der Waals surface area (Å²) < 4.78 is 0. The molecule has 0 heterocycles. The van der Waals surface area contributed by atoms with Gasteiger partial charge in [0.2, 0.25) is 0 Å². The maximum absolute atomic E-state index is 11.2. The predicted molar refractivity (Wildman–Crippen MR) is 201 cm³/mol. The monoisotopic (exact) mass is 633 g/mol. The Labute approximate surface area is 285 Å². The first-order valence-electron chi connectivity index (χ1n) is 19.7. The molecule has 2 nitrogen and oxygen atoms in total. The van der Waals surface area contributed by atoms with E-state index in [9.17, 15) is 10.2 Å². The third-order valence-electron chi connectivity index (χ3n) is 10.6. The molecule has 2 aromatic rings. The van der Waals surface area contributed by atoms with Gasteiger partial charge in [0.05, 0.1) is 0 Å². The zero-order valence-electron chi connectivity index (χ0n) is 31.2. The molecule has 0 unspecified atom stereocenters. The minimum atomic E-state index is 0.107. The summed E-state index contributed by atoms with van der Waals surface area (Å²) in [6, 6.07) is 9.18. The van der Waals surface area contributed by atoms with Crippen LogP contribution in [-0.4, -0.2) is 10.2 Å². The number of hydrogen-bond donors (Lipinski definition) is 2. The third-order valence-corrected chi connectivity index (χ3v) is 10.6. The maximum atomic E-state index is 11.2. The van der Waals surface area contributed by atoms with E-state index in [2.05, 4.69) is 65.8 Å². The molecule has 1 aliphatic rings. The molecule has 2 heteroatoms. The summed E-state index contributed by atoms with van der Waals surface area (Å²) in [5.74, 6) is 1.18. The minimum Gasteiger partial charge on any atom is -0.507 e. The fourth-order valence-electron chi connectivity index (χ4n) is 7.24. The van der Waals surface area contributed by atoms with Crippen molar-refractivity contribution in [2.75, 3.05) is 0 Å². The Kier molecular flexibility index (Phi) is 16.5. The molecule has 0 aromatic heterocycles. The fourth-order valence-corrected chi connectivity index (χ4v) is 7.24. The number of aryl methyl sites for hydroxylation is 4. The van der Waals surface area contributed by atoms with E-state index in [1.54, 1.807) is 0 Å². The van der Waals surface area contributed by atoms with Crippen LogP contribution in [-0.2, 0) is 36.5 Å². The van der Waals surface area contributed by atoms with Gasteiger partial charge < -0.3 is 10.2 Å². The number of phenolic OH excluding ortho intramolecular Hbond substituents is 2. The Hall–Kier alpha value is -1.96. The molecule has 4 bridgehead atoms. The van der Waals surface area contributed by atoms with Gasteiger partial charge in [-0.1, -0.05) is 169 Å². The molecule has 0 atom stereocenters. The number of benzene rings is 2. The van der Waals surface area contributed by atoms with Crippen molar-refractivity contribution < 1.29 is 10.2 Å². The van der Waals surface area contributed by atoms with Crippen LogP contribution in [0.5, 0.6) is 11.5 Å². The second kappa shape index (κ2) is 19.8. The third kappa shape index (κ3) is 13.6. The number of aromatic hydroxyl groups is 2. The number of phenols is 2. The molecule has 0 spiro atoms. The summed E-state index contributed by atoms with van der Waals surface area (Å²) in [4.78, 5) is 0. The Morgan fingerprint density at radius 2 is 0.500 bits per heavy atom. The van der Waals surface area contributed by atoms with Gasteiger partial charge in [-0.3, -0.25) is 0 Å². The number of rotatable bonds is 0. The van der Waals surface area contributed by atoms with Crippen molar-refractivity contribution in [3.63, 3.8) is 0 Å². The summed E-state index contributed by atoms with van der Waals surface area (Å²) in [6.45, 7) is 13.8. The molecule has 0 aliphatic heterocycles. The van der Waals surface area contributed by atoms with Crippen molar-refractivity contribution >= 4 is 0 Å². The summed E-state index contributed by atoms with van der Waals surface area (Å²) in [7, 11) is 0. The van der Waals surface area contributed by atoms with Crippen molar-refractivity contribution in [1.82, 2.24) is 0 Å². The van der Waals surface area contributed by atoms with Crippen LogP contribution in [0.2, 0.25) is 0 Å². The highest BCUT2D eigenvalue weighted by Crippen LogP contribution is 2.35. The Balaban J connectivity index is 1.56. The molecule has 0 fully saturated rings. The smallest absolute Gasteiger partial charge is 0.121 e. The molecule has 1 aliphatic carbocycles. The highest BCUT2D eigenvalue weighted by atomic mass is 16.3. The second-order valence-corrected chi connectivity index (χ2v) is 16.9. The SMILES string of the molecule is CC(C)(C)c1cc2c(O)c(c1)CCCCCCCCCCCCc1cc(C(C)(C)C)cc(c1O)CCCCCCCCCCCC2. The zero-order chi connectivity index (χ0) is 33.4. The molecule has 0 radical (unpaired) electrons. The highest BCUT2D eigenvalue weighted by molar-refractivity contribution is 5.47. The van der Waals surface area contributed by atoms with Gasteiger partial charge in [-0.25, -0.2) is 0 Å². The first-order chi connectivity index (χ1) is 22.0. The molecule has 0 amide bonds. The van der Waals surface area contributed by atoms with Gasteiger partial charge in [-0.15, -0.1) is 0 Å². The maximum Gasteiger partial charge on any atom is 0.121 e. The lowest BCUT2D eigenvalue weighted by atomic mass is 9.83. The number of hydrogen-bond acceptors (Lipinski definition) is 2. The van der Waals surface area contributed by atoms with Crippen LogP contribution >= 0.6 is 0 Å². The number of fused-ring (bicyclic) bond motifs is 4. The normalized spacial score (nSPS) is 18.9. The van der Waals surface area contributed by atoms with Crippen molar-refractivity contribution in [2.24, 2.45) is 0 Å². The molecule has 2 N–H and O–H groups in total. The predicted octanol–water partition coefficient (Wildman–Crippen LogP) is 13.4. The van der Waals surface area contributed by atoms with Crippen LogP contribution < -0.4 is 0 Å². The van der Waals surface area contributed by atoms with E-state index in [0.717, 1.165) is 25.7 Å². The van der Waals surface area contributed by atoms with E-state index in [4.69, 9.17) is 0 Å². The van der Waals surface area contributed by atoms with Crippen LogP contribution in [0.15, 0.2) is 24.3 Å². The lowest BCUT2D eigenvalue weighted by Crippen LogP contribution is -2.12. The van der Waals surface area contributed by atoms with Crippen molar-refractivity contribution in [3.05, 3.63) is 57.6 Å². The van der Waals surface area contributed by atoms with Gasteiger partial charge in [-0.2, -0.15) is 0 Å². The summed E-state index contributed by atoms with van der Waals surface area (Å²) in [5, 5.41) is 22.4. The quantitative estimate of drug-likeness (QED) is 0.303. The summed E-state index contributed by atoms with van der Waals surface area (Å²) >= 11 is 0. The van der Waals surface area contributed by atoms with Crippen LogP contribution in [0.4, 0.5) is 0 Å². The van der Waals surface area contributed by atoms with Crippen LogP contribution in [0.1, 0.15) is 203 Å². The van der Waals surface area contributed by atoms with Gasteiger partial charge in [0.25, 0.3) is 0 Å². The van der Waals surface area contributed by atoms with Crippen LogP contribution in [0.25, 0.3) is 0 Å². The standard InChI is InChI=1S/C44H72O2/c1-43(2,3)39-31-35-27-23-19-15-11-7-9-13-17-21-25-29-37-33-40(44(4,5)6)34-38(42(37)46)30-26-22-18-14-10-8-12-16-20-24-28-36(32-39)41(35)45/h31-34,45-46H,7-30H2,1-6H3. The molecular weight excluding hydrogens is 560 g/mol. The first-order valence-corrected chi connectivity index (χ1v) is 19.7. The molecule has 0 saturated carbocycles. The molecule has 2 aromatic carbocycles. The van der Waals surface area contributed by atoms with Gasteiger partial charge in [0, 0.05) is 0 Å². The van der Waals surface area contributed by atoms with Gasteiger partial charge in [0.1, 0.15) is 11.5 Å².